The molecule has 6 nitrogen and oxygen atoms in total. The van der Waals surface area contributed by atoms with Crippen LogP contribution in [0.4, 0.5) is 9.18 Å². The highest BCUT2D eigenvalue weighted by molar-refractivity contribution is 5.97. The SMILES string of the molecule is CNC(=O)N1CC=C(c2cc3c(-c4cc(F)ccc4OC)ccnc3[nH]2)C(C)(C)C1. The van der Waals surface area contributed by atoms with Gasteiger partial charge in [-0.25, -0.2) is 14.2 Å². The number of ether oxygens (including phenoxy) is 1. The normalized spacial score (nSPS) is 15.8. The molecule has 1 aliphatic rings. The van der Waals surface area contributed by atoms with Crippen molar-refractivity contribution in [1.82, 2.24) is 20.2 Å². The van der Waals surface area contributed by atoms with Crippen LogP contribution in [0.25, 0.3) is 27.7 Å². The van der Waals surface area contributed by atoms with Gasteiger partial charge in [-0.2, -0.15) is 0 Å². The van der Waals surface area contributed by atoms with Crippen LogP contribution in [-0.4, -0.2) is 48.1 Å². The Morgan fingerprint density at radius 2 is 2.07 bits per heavy atom. The Labute approximate surface area is 174 Å². The van der Waals surface area contributed by atoms with Crippen LogP contribution in [-0.2, 0) is 0 Å². The number of methoxy groups -OCH3 is 1. The number of fused-ring (bicyclic) bond motifs is 1. The zero-order valence-electron chi connectivity index (χ0n) is 17.5. The number of rotatable bonds is 3. The quantitative estimate of drug-likeness (QED) is 0.673. The standard InChI is InChI=1S/C23H25FN4O2/c1-23(2)13-28(22(29)25-3)10-8-18(23)19-12-17-15(7-9-26-21(17)27-19)16-11-14(24)5-6-20(16)30-4/h5-9,11-12H,10,13H2,1-4H3,(H,25,29)(H,26,27). The van der Waals surface area contributed by atoms with E-state index in [0.29, 0.717) is 24.4 Å². The van der Waals surface area contributed by atoms with E-state index in [2.05, 4.69) is 35.2 Å². The van der Waals surface area contributed by atoms with Crippen molar-refractivity contribution in [1.29, 1.82) is 0 Å². The van der Waals surface area contributed by atoms with Crippen molar-refractivity contribution >= 4 is 22.6 Å². The molecule has 0 spiro atoms. The van der Waals surface area contributed by atoms with Crippen LogP contribution >= 0.6 is 0 Å². The number of benzene rings is 1. The molecule has 0 fully saturated rings. The topological polar surface area (TPSA) is 70.2 Å². The average Bonchev–Trinajstić information content (AvgIpc) is 3.16. The van der Waals surface area contributed by atoms with Gasteiger partial charge in [-0.05, 0) is 41.5 Å². The van der Waals surface area contributed by atoms with Crippen LogP contribution in [0, 0.1) is 11.2 Å². The van der Waals surface area contributed by atoms with Crippen molar-refractivity contribution in [3.63, 3.8) is 0 Å². The third-order valence-electron chi connectivity index (χ3n) is 5.61. The third kappa shape index (κ3) is 3.40. The summed E-state index contributed by atoms with van der Waals surface area (Å²) in [5.74, 6) is 0.280. The van der Waals surface area contributed by atoms with E-state index < -0.39 is 0 Å². The molecule has 0 radical (unpaired) electrons. The van der Waals surface area contributed by atoms with Crippen molar-refractivity contribution in [3.8, 4) is 16.9 Å². The Bertz CT molecular complexity index is 1150. The van der Waals surface area contributed by atoms with E-state index in [0.717, 1.165) is 27.9 Å². The summed E-state index contributed by atoms with van der Waals surface area (Å²) in [6.07, 6.45) is 3.78. The average molecular weight is 408 g/mol. The molecule has 3 heterocycles. The summed E-state index contributed by atoms with van der Waals surface area (Å²) < 4.78 is 19.4. The summed E-state index contributed by atoms with van der Waals surface area (Å²) in [6.45, 7) is 5.37. The lowest BCUT2D eigenvalue weighted by molar-refractivity contribution is 0.187. The highest BCUT2D eigenvalue weighted by Gasteiger charge is 2.33. The number of halogens is 1. The zero-order valence-corrected chi connectivity index (χ0v) is 17.5. The molecule has 156 valence electrons. The molecule has 0 unspecified atom stereocenters. The van der Waals surface area contributed by atoms with Crippen molar-refractivity contribution in [2.24, 2.45) is 5.41 Å². The second kappa shape index (κ2) is 7.48. The molecule has 2 aromatic heterocycles. The predicted molar refractivity (Wildman–Crippen MR) is 116 cm³/mol. The van der Waals surface area contributed by atoms with Crippen LogP contribution in [0.1, 0.15) is 19.5 Å². The number of carbonyl (C=O) groups is 1. The second-order valence-electron chi connectivity index (χ2n) is 8.09. The van der Waals surface area contributed by atoms with Crippen LogP contribution in [0.2, 0.25) is 0 Å². The van der Waals surface area contributed by atoms with Crippen LogP contribution < -0.4 is 10.1 Å². The highest BCUT2D eigenvalue weighted by Crippen LogP contribution is 2.41. The fourth-order valence-electron chi connectivity index (χ4n) is 4.19. The number of hydrogen-bond donors (Lipinski definition) is 2. The van der Waals surface area contributed by atoms with Crippen LogP contribution in [0.5, 0.6) is 5.75 Å². The first-order chi connectivity index (χ1) is 14.3. The fourth-order valence-corrected chi connectivity index (χ4v) is 4.19. The lowest BCUT2D eigenvalue weighted by Gasteiger charge is -2.38. The molecule has 0 bridgehead atoms. The molecule has 3 aromatic rings. The molecular weight excluding hydrogens is 383 g/mol. The summed E-state index contributed by atoms with van der Waals surface area (Å²) in [4.78, 5) is 21.7. The number of aromatic nitrogens is 2. The molecule has 1 aromatic carbocycles. The maximum absolute atomic E-state index is 14.0. The van der Waals surface area contributed by atoms with Gasteiger partial charge in [-0.1, -0.05) is 19.9 Å². The van der Waals surface area contributed by atoms with Gasteiger partial charge in [0.1, 0.15) is 17.2 Å². The van der Waals surface area contributed by atoms with Crippen molar-refractivity contribution in [2.75, 3.05) is 27.2 Å². The number of H-pyrrole nitrogens is 1. The van der Waals surface area contributed by atoms with Gasteiger partial charge in [0.2, 0.25) is 0 Å². The highest BCUT2D eigenvalue weighted by atomic mass is 19.1. The molecule has 0 saturated carbocycles. The first-order valence-electron chi connectivity index (χ1n) is 9.83. The Morgan fingerprint density at radius 1 is 1.27 bits per heavy atom. The number of aromatic amines is 1. The molecule has 0 atom stereocenters. The number of nitrogens with one attached hydrogen (secondary N) is 2. The number of pyridine rings is 1. The number of urea groups is 1. The number of nitrogens with zero attached hydrogens (tertiary/aromatic N) is 2. The molecule has 0 aliphatic carbocycles. The minimum absolute atomic E-state index is 0.0859. The van der Waals surface area contributed by atoms with Gasteiger partial charge in [0.15, 0.2) is 0 Å². The lowest BCUT2D eigenvalue weighted by Crippen LogP contribution is -2.46. The largest absolute Gasteiger partial charge is 0.496 e. The molecule has 1 aliphatic heterocycles. The minimum atomic E-state index is -0.322. The Hall–Kier alpha value is -3.35. The van der Waals surface area contributed by atoms with E-state index in [1.165, 1.54) is 12.1 Å². The third-order valence-corrected chi connectivity index (χ3v) is 5.61. The van der Waals surface area contributed by atoms with Gasteiger partial charge < -0.3 is 19.9 Å². The van der Waals surface area contributed by atoms with Gasteiger partial charge in [-0.15, -0.1) is 0 Å². The molecule has 2 N–H and O–H groups in total. The summed E-state index contributed by atoms with van der Waals surface area (Å²) in [5, 5.41) is 3.58. The number of carbonyl (C=O) groups excluding carboxylic acids is 1. The van der Waals surface area contributed by atoms with Gasteiger partial charge in [0.05, 0.1) is 7.11 Å². The predicted octanol–water partition coefficient (Wildman–Crippen LogP) is 4.44. The summed E-state index contributed by atoms with van der Waals surface area (Å²) in [5.41, 5.74) is 4.07. The van der Waals surface area contributed by atoms with Gasteiger partial charge >= 0.3 is 6.03 Å². The first-order valence-corrected chi connectivity index (χ1v) is 9.83. The number of hydrogen-bond acceptors (Lipinski definition) is 3. The smallest absolute Gasteiger partial charge is 0.317 e. The first kappa shape index (κ1) is 19.9. The second-order valence-corrected chi connectivity index (χ2v) is 8.09. The molecule has 4 rings (SSSR count). The molecular formula is C23H25FN4O2. The maximum Gasteiger partial charge on any atom is 0.317 e. The Kier molecular flexibility index (Phi) is 4.97. The Morgan fingerprint density at radius 3 is 2.77 bits per heavy atom. The minimum Gasteiger partial charge on any atom is -0.496 e. The summed E-state index contributed by atoms with van der Waals surface area (Å²) >= 11 is 0. The monoisotopic (exact) mass is 408 g/mol. The van der Waals surface area contributed by atoms with Gasteiger partial charge in [0, 0.05) is 48.4 Å². The summed E-state index contributed by atoms with van der Waals surface area (Å²) in [7, 11) is 3.21. The van der Waals surface area contributed by atoms with E-state index in [-0.39, 0.29) is 17.3 Å². The summed E-state index contributed by atoms with van der Waals surface area (Å²) in [6, 6.07) is 8.32. The molecule has 0 saturated heterocycles. The molecule has 30 heavy (non-hydrogen) atoms. The van der Waals surface area contributed by atoms with Crippen molar-refractivity contribution < 1.29 is 13.9 Å². The lowest BCUT2D eigenvalue weighted by atomic mass is 9.79. The molecule has 2 amide bonds. The van der Waals surface area contributed by atoms with Gasteiger partial charge in [0.25, 0.3) is 0 Å². The maximum atomic E-state index is 14.0. The van der Waals surface area contributed by atoms with Crippen LogP contribution in [0.3, 0.4) is 0 Å². The number of amides is 2. The Balaban J connectivity index is 1.81. The van der Waals surface area contributed by atoms with Gasteiger partial charge in [-0.3, -0.25) is 0 Å². The van der Waals surface area contributed by atoms with E-state index in [1.54, 1.807) is 31.3 Å². The zero-order chi connectivity index (χ0) is 21.5. The van der Waals surface area contributed by atoms with Crippen molar-refractivity contribution in [3.05, 3.63) is 54.1 Å². The van der Waals surface area contributed by atoms with E-state index >= 15 is 0 Å². The fraction of sp³-hybridized carbons (Fsp3) is 0.304. The van der Waals surface area contributed by atoms with Crippen molar-refractivity contribution in [2.45, 2.75) is 13.8 Å². The van der Waals surface area contributed by atoms with E-state index in [9.17, 15) is 9.18 Å². The van der Waals surface area contributed by atoms with Crippen LogP contribution in [0.15, 0.2) is 42.6 Å². The van der Waals surface area contributed by atoms with E-state index in [1.807, 2.05) is 12.1 Å². The molecule has 7 heteroatoms. The van der Waals surface area contributed by atoms with E-state index in [4.69, 9.17) is 4.74 Å².